The fourth-order valence-electron chi connectivity index (χ4n) is 3.65. The number of rotatable bonds is 7. The van der Waals surface area contributed by atoms with Gasteiger partial charge in [-0.15, -0.1) is 0 Å². The van der Waals surface area contributed by atoms with E-state index in [1.165, 1.54) is 21.3 Å². The zero-order valence-corrected chi connectivity index (χ0v) is 19.1. The molecule has 166 valence electrons. The predicted octanol–water partition coefficient (Wildman–Crippen LogP) is 4.24. The number of sulfonamides is 1. The highest BCUT2D eigenvalue weighted by Gasteiger charge is 2.31. The maximum absolute atomic E-state index is 13.3. The van der Waals surface area contributed by atoms with Crippen LogP contribution in [-0.4, -0.2) is 46.0 Å². The maximum atomic E-state index is 13.3. The minimum absolute atomic E-state index is 0.101. The van der Waals surface area contributed by atoms with Gasteiger partial charge in [0.05, 0.1) is 17.1 Å². The van der Waals surface area contributed by atoms with Crippen LogP contribution in [0.25, 0.3) is 0 Å². The SMILES string of the molecule is CN(CCOc1cccc(Cl)c1)C(=O)c1cccc(S(=O)(=O)N2CCc3ccccc32)c1. The molecular formula is C24H23ClN2O4S. The van der Waals surface area contributed by atoms with Crippen molar-refractivity contribution in [3.05, 3.63) is 88.9 Å². The summed E-state index contributed by atoms with van der Waals surface area (Å²) in [5.41, 5.74) is 2.01. The minimum Gasteiger partial charge on any atom is -0.492 e. The fraction of sp³-hybridized carbons (Fsp3) is 0.208. The monoisotopic (exact) mass is 470 g/mol. The Morgan fingerprint density at radius 1 is 1.06 bits per heavy atom. The molecule has 0 aromatic heterocycles. The second-order valence-electron chi connectivity index (χ2n) is 7.52. The van der Waals surface area contributed by atoms with E-state index in [-0.39, 0.29) is 17.4 Å². The maximum Gasteiger partial charge on any atom is 0.264 e. The van der Waals surface area contributed by atoms with Gasteiger partial charge in [0, 0.05) is 24.2 Å². The standard InChI is InChI=1S/C24H23ClN2O4S/c1-26(14-15-31-21-9-5-8-20(25)17-21)24(28)19-7-4-10-22(16-19)32(29,30)27-13-12-18-6-2-3-11-23(18)27/h2-11,16-17H,12-15H2,1H3. The van der Waals surface area contributed by atoms with Gasteiger partial charge in [-0.25, -0.2) is 8.42 Å². The third-order valence-corrected chi connectivity index (χ3v) is 7.40. The van der Waals surface area contributed by atoms with Gasteiger partial charge in [-0.2, -0.15) is 0 Å². The summed E-state index contributed by atoms with van der Waals surface area (Å²) >= 11 is 5.95. The van der Waals surface area contributed by atoms with Crippen molar-refractivity contribution in [2.45, 2.75) is 11.3 Å². The van der Waals surface area contributed by atoms with E-state index in [1.807, 2.05) is 24.3 Å². The zero-order chi connectivity index (χ0) is 22.7. The van der Waals surface area contributed by atoms with E-state index in [0.717, 1.165) is 5.56 Å². The highest BCUT2D eigenvalue weighted by molar-refractivity contribution is 7.92. The lowest BCUT2D eigenvalue weighted by Crippen LogP contribution is -2.32. The first-order valence-corrected chi connectivity index (χ1v) is 12.0. The number of para-hydroxylation sites is 1. The number of ether oxygens (including phenoxy) is 1. The Labute approximate surface area is 193 Å². The summed E-state index contributed by atoms with van der Waals surface area (Å²) in [6.45, 7) is 1.01. The van der Waals surface area contributed by atoms with Crippen LogP contribution in [0.1, 0.15) is 15.9 Å². The van der Waals surface area contributed by atoms with E-state index < -0.39 is 10.0 Å². The lowest BCUT2D eigenvalue weighted by molar-refractivity contribution is 0.0773. The fourth-order valence-corrected chi connectivity index (χ4v) is 5.38. The first-order chi connectivity index (χ1) is 15.4. The van der Waals surface area contributed by atoms with Gasteiger partial charge in [0.25, 0.3) is 15.9 Å². The Morgan fingerprint density at radius 2 is 1.84 bits per heavy atom. The van der Waals surface area contributed by atoms with Crippen LogP contribution in [0.3, 0.4) is 0 Å². The zero-order valence-electron chi connectivity index (χ0n) is 17.6. The molecule has 32 heavy (non-hydrogen) atoms. The average Bonchev–Trinajstić information content (AvgIpc) is 3.24. The van der Waals surface area contributed by atoms with E-state index in [4.69, 9.17) is 16.3 Å². The first-order valence-electron chi connectivity index (χ1n) is 10.2. The lowest BCUT2D eigenvalue weighted by Gasteiger charge is -2.21. The van der Waals surface area contributed by atoms with Crippen LogP contribution in [-0.2, 0) is 16.4 Å². The average molecular weight is 471 g/mol. The molecule has 0 N–H and O–H groups in total. The largest absolute Gasteiger partial charge is 0.492 e. The molecule has 1 heterocycles. The summed E-state index contributed by atoms with van der Waals surface area (Å²) in [4.78, 5) is 14.5. The van der Waals surface area contributed by atoms with E-state index in [1.54, 1.807) is 43.4 Å². The van der Waals surface area contributed by atoms with Crippen molar-refractivity contribution in [3.63, 3.8) is 0 Å². The summed E-state index contributed by atoms with van der Waals surface area (Å²) in [6.07, 6.45) is 0.670. The number of likely N-dealkylation sites (N-methyl/N-ethyl adjacent to an activating group) is 1. The van der Waals surface area contributed by atoms with Gasteiger partial charge in [-0.3, -0.25) is 9.10 Å². The van der Waals surface area contributed by atoms with Gasteiger partial charge in [0.2, 0.25) is 0 Å². The topological polar surface area (TPSA) is 66.9 Å². The smallest absolute Gasteiger partial charge is 0.264 e. The summed E-state index contributed by atoms with van der Waals surface area (Å²) in [5, 5.41) is 0.575. The Morgan fingerprint density at radius 3 is 2.66 bits per heavy atom. The second-order valence-corrected chi connectivity index (χ2v) is 9.82. The lowest BCUT2D eigenvalue weighted by atomic mass is 10.2. The van der Waals surface area contributed by atoms with Gasteiger partial charge in [0.15, 0.2) is 0 Å². The van der Waals surface area contributed by atoms with E-state index in [2.05, 4.69) is 0 Å². The molecule has 0 saturated heterocycles. The summed E-state index contributed by atoms with van der Waals surface area (Å²) in [6, 6.07) is 20.7. The number of anilines is 1. The van der Waals surface area contributed by atoms with Gasteiger partial charge in [0.1, 0.15) is 12.4 Å². The number of hydrogen-bond donors (Lipinski definition) is 0. The van der Waals surface area contributed by atoms with Crippen LogP contribution in [0.15, 0.2) is 77.7 Å². The quantitative estimate of drug-likeness (QED) is 0.518. The third-order valence-electron chi connectivity index (χ3n) is 5.35. The molecule has 1 amide bonds. The van der Waals surface area contributed by atoms with Crippen LogP contribution < -0.4 is 9.04 Å². The Bertz CT molecular complexity index is 1250. The molecule has 1 aliphatic rings. The van der Waals surface area contributed by atoms with Crippen molar-refractivity contribution in [1.29, 1.82) is 0 Å². The molecule has 0 unspecified atom stereocenters. The van der Waals surface area contributed by atoms with Crippen molar-refractivity contribution >= 4 is 33.2 Å². The van der Waals surface area contributed by atoms with Crippen molar-refractivity contribution in [3.8, 4) is 5.75 Å². The normalized spacial score (nSPS) is 13.0. The predicted molar refractivity (Wildman–Crippen MR) is 125 cm³/mol. The molecular weight excluding hydrogens is 448 g/mol. The molecule has 0 bridgehead atoms. The number of fused-ring (bicyclic) bond motifs is 1. The summed E-state index contributed by atoms with van der Waals surface area (Å²) < 4.78 is 33.6. The number of hydrogen-bond acceptors (Lipinski definition) is 4. The van der Waals surface area contributed by atoms with Gasteiger partial charge >= 0.3 is 0 Å². The molecule has 4 rings (SSSR count). The Balaban J connectivity index is 1.45. The Kier molecular flexibility index (Phi) is 6.39. The molecule has 3 aromatic carbocycles. The van der Waals surface area contributed by atoms with E-state index >= 15 is 0 Å². The molecule has 0 fully saturated rings. The highest BCUT2D eigenvalue weighted by atomic mass is 35.5. The molecule has 0 spiro atoms. The van der Waals surface area contributed by atoms with Crippen molar-refractivity contribution in [2.75, 3.05) is 31.0 Å². The van der Waals surface area contributed by atoms with E-state index in [0.29, 0.717) is 41.5 Å². The van der Waals surface area contributed by atoms with Crippen LogP contribution in [0.4, 0.5) is 5.69 Å². The van der Waals surface area contributed by atoms with Gasteiger partial charge in [-0.05, 0) is 54.4 Å². The molecule has 1 aliphatic heterocycles. The molecule has 0 radical (unpaired) electrons. The molecule has 0 atom stereocenters. The van der Waals surface area contributed by atoms with Crippen LogP contribution in [0.5, 0.6) is 5.75 Å². The number of benzene rings is 3. The molecule has 0 saturated carbocycles. The molecule has 0 aliphatic carbocycles. The summed E-state index contributed by atoms with van der Waals surface area (Å²) in [5.74, 6) is 0.343. The van der Waals surface area contributed by atoms with Gasteiger partial charge < -0.3 is 9.64 Å². The highest BCUT2D eigenvalue weighted by Crippen LogP contribution is 2.32. The molecule has 8 heteroatoms. The first kappa shape index (κ1) is 22.2. The van der Waals surface area contributed by atoms with Crippen LogP contribution in [0, 0.1) is 0 Å². The number of nitrogens with zero attached hydrogens (tertiary/aromatic N) is 2. The number of halogens is 1. The number of carbonyl (C=O) groups excluding carboxylic acids is 1. The van der Waals surface area contributed by atoms with Crippen LogP contribution >= 0.6 is 11.6 Å². The summed E-state index contributed by atoms with van der Waals surface area (Å²) in [7, 11) is -2.11. The van der Waals surface area contributed by atoms with Crippen LogP contribution in [0.2, 0.25) is 5.02 Å². The van der Waals surface area contributed by atoms with E-state index in [9.17, 15) is 13.2 Å². The molecule has 3 aromatic rings. The second kappa shape index (κ2) is 9.22. The van der Waals surface area contributed by atoms with Crippen molar-refractivity contribution < 1.29 is 17.9 Å². The minimum atomic E-state index is -3.77. The van der Waals surface area contributed by atoms with Crippen molar-refractivity contribution in [2.24, 2.45) is 0 Å². The Hall–Kier alpha value is -3.03. The van der Waals surface area contributed by atoms with Gasteiger partial charge in [-0.1, -0.05) is 41.9 Å². The number of amides is 1. The molecule has 6 nitrogen and oxygen atoms in total. The third kappa shape index (κ3) is 4.59. The number of carbonyl (C=O) groups is 1. The van der Waals surface area contributed by atoms with Crippen molar-refractivity contribution in [1.82, 2.24) is 4.90 Å².